The van der Waals surface area contributed by atoms with Crippen molar-refractivity contribution >= 4 is 22.9 Å². The van der Waals surface area contributed by atoms with Crippen molar-refractivity contribution in [3.8, 4) is 0 Å². The Morgan fingerprint density at radius 1 is 0.857 bits per heavy atom. The summed E-state index contributed by atoms with van der Waals surface area (Å²) in [5, 5.41) is 9.99. The minimum Gasteiger partial charge on any atom is -0.388 e. The summed E-state index contributed by atoms with van der Waals surface area (Å²) in [6.45, 7) is 8.18. The average Bonchev–Trinajstić information content (AvgIpc) is 2.70. The van der Waals surface area contributed by atoms with Crippen LogP contribution >= 0.6 is 0 Å². The van der Waals surface area contributed by atoms with Crippen LogP contribution in [0, 0.1) is 0 Å². The topological polar surface area (TPSA) is 70.2 Å². The Hall–Kier alpha value is -2.66. The molecule has 0 saturated carbocycles. The molecule has 5 heteroatoms. The Morgan fingerprint density at radius 2 is 1.43 bits per heavy atom. The van der Waals surface area contributed by atoms with Gasteiger partial charge in [-0.3, -0.25) is 9.59 Å². The van der Waals surface area contributed by atoms with Crippen LogP contribution in [-0.4, -0.2) is 37.2 Å². The lowest BCUT2D eigenvalue weighted by atomic mass is 9.82. The van der Waals surface area contributed by atoms with Crippen LogP contribution in [0.25, 0.3) is 0 Å². The molecule has 28 heavy (non-hydrogen) atoms. The van der Waals surface area contributed by atoms with E-state index in [0.717, 1.165) is 19.4 Å². The van der Waals surface area contributed by atoms with E-state index in [2.05, 4.69) is 36.7 Å². The molecule has 2 aromatic rings. The highest BCUT2D eigenvalue weighted by Crippen LogP contribution is 2.36. The smallest absolute Gasteiger partial charge is 0.196 e. The molecule has 0 spiro atoms. The summed E-state index contributed by atoms with van der Waals surface area (Å²) < 4.78 is 0. The van der Waals surface area contributed by atoms with Gasteiger partial charge in [0.1, 0.15) is 0 Å². The first-order valence-corrected chi connectivity index (χ1v) is 9.91. The number of anilines is 2. The van der Waals surface area contributed by atoms with E-state index in [1.54, 1.807) is 31.3 Å². The van der Waals surface area contributed by atoms with Crippen molar-refractivity contribution in [1.82, 2.24) is 5.32 Å². The zero-order valence-electron chi connectivity index (χ0n) is 17.1. The number of hydrogen-bond acceptors (Lipinski definition) is 5. The third kappa shape index (κ3) is 3.80. The number of carbonyl (C=O) groups excluding carboxylic acids is 2. The number of rotatable bonds is 8. The Labute approximate surface area is 166 Å². The molecule has 0 amide bonds. The van der Waals surface area contributed by atoms with E-state index in [0.29, 0.717) is 40.2 Å². The molecule has 0 atom stereocenters. The van der Waals surface area contributed by atoms with Gasteiger partial charge in [-0.1, -0.05) is 31.2 Å². The maximum absolute atomic E-state index is 13.2. The summed E-state index contributed by atoms with van der Waals surface area (Å²) in [6.07, 6.45) is 1.99. The first kappa shape index (κ1) is 20.1. The van der Waals surface area contributed by atoms with Crippen molar-refractivity contribution < 1.29 is 9.59 Å². The van der Waals surface area contributed by atoms with Gasteiger partial charge in [0, 0.05) is 41.6 Å². The lowest BCUT2D eigenvalue weighted by Gasteiger charge is -2.27. The molecule has 0 unspecified atom stereocenters. The molecule has 0 aliphatic heterocycles. The molecule has 0 radical (unpaired) electrons. The van der Waals surface area contributed by atoms with Crippen LogP contribution in [0.1, 0.15) is 65.5 Å². The van der Waals surface area contributed by atoms with Crippen molar-refractivity contribution in [2.45, 2.75) is 39.2 Å². The van der Waals surface area contributed by atoms with Crippen molar-refractivity contribution in [3.05, 3.63) is 58.7 Å². The van der Waals surface area contributed by atoms with Crippen LogP contribution in [-0.2, 0) is 0 Å². The Bertz CT molecular complexity index is 903. The predicted octanol–water partition coefficient (Wildman–Crippen LogP) is 4.08. The lowest BCUT2D eigenvalue weighted by Crippen LogP contribution is -2.41. The molecular weight excluding hydrogens is 350 g/mol. The maximum atomic E-state index is 13.2. The van der Waals surface area contributed by atoms with Crippen molar-refractivity contribution in [2.24, 2.45) is 0 Å². The number of nitrogens with one attached hydrogen (secondary N) is 3. The first-order valence-electron chi connectivity index (χ1n) is 9.91. The second-order valence-corrected chi connectivity index (χ2v) is 7.85. The van der Waals surface area contributed by atoms with Gasteiger partial charge in [0.15, 0.2) is 11.6 Å². The molecule has 5 nitrogen and oxygen atoms in total. The number of hydrogen-bond donors (Lipinski definition) is 3. The minimum absolute atomic E-state index is 0.000411. The summed E-state index contributed by atoms with van der Waals surface area (Å²) in [6, 6.07) is 10.8. The third-order valence-corrected chi connectivity index (χ3v) is 5.26. The summed E-state index contributed by atoms with van der Waals surface area (Å²) >= 11 is 0. The summed E-state index contributed by atoms with van der Waals surface area (Å²) in [5.74, 6) is -0.212. The van der Waals surface area contributed by atoms with E-state index in [1.807, 2.05) is 12.1 Å². The Balaban J connectivity index is 1.91. The summed E-state index contributed by atoms with van der Waals surface area (Å²) in [7, 11) is 1.77. The van der Waals surface area contributed by atoms with E-state index < -0.39 is 0 Å². The molecular formula is C23H29N3O2. The quantitative estimate of drug-likeness (QED) is 0.550. The van der Waals surface area contributed by atoms with Crippen LogP contribution in [0.3, 0.4) is 0 Å². The van der Waals surface area contributed by atoms with E-state index in [9.17, 15) is 9.59 Å². The molecule has 1 aliphatic rings. The van der Waals surface area contributed by atoms with Crippen molar-refractivity contribution in [2.75, 3.05) is 30.8 Å². The Kier molecular flexibility index (Phi) is 5.84. The fourth-order valence-electron chi connectivity index (χ4n) is 3.64. The van der Waals surface area contributed by atoms with Crippen LogP contribution in [0.2, 0.25) is 0 Å². The van der Waals surface area contributed by atoms with Crippen molar-refractivity contribution in [1.29, 1.82) is 0 Å². The SMILES string of the molecule is CCCNC(C)(C)CCNc1ccc(NC)c2c1C(=O)c1ccccc1C2=O. The third-order valence-electron chi connectivity index (χ3n) is 5.26. The molecule has 0 aromatic heterocycles. The van der Waals surface area contributed by atoms with Crippen LogP contribution in [0.5, 0.6) is 0 Å². The molecule has 3 rings (SSSR count). The molecule has 0 fully saturated rings. The van der Waals surface area contributed by atoms with Gasteiger partial charge in [0.25, 0.3) is 0 Å². The van der Waals surface area contributed by atoms with Gasteiger partial charge in [-0.2, -0.15) is 0 Å². The number of fused-ring (bicyclic) bond motifs is 2. The first-order chi connectivity index (χ1) is 13.4. The van der Waals surface area contributed by atoms with E-state index >= 15 is 0 Å². The number of ketones is 2. The van der Waals surface area contributed by atoms with Gasteiger partial charge >= 0.3 is 0 Å². The van der Waals surface area contributed by atoms with Gasteiger partial charge in [0.05, 0.1) is 11.1 Å². The van der Waals surface area contributed by atoms with E-state index in [4.69, 9.17) is 0 Å². The standard InChI is InChI=1S/C23H29N3O2/c1-5-13-26-23(2,3)12-14-25-18-11-10-17(24-4)19-20(18)22(28)16-9-7-6-8-15(16)21(19)27/h6-11,24-26H,5,12-14H2,1-4H3. The van der Waals surface area contributed by atoms with Gasteiger partial charge in [-0.25, -0.2) is 0 Å². The van der Waals surface area contributed by atoms with Gasteiger partial charge in [-0.15, -0.1) is 0 Å². The second-order valence-electron chi connectivity index (χ2n) is 7.85. The predicted molar refractivity (Wildman–Crippen MR) is 115 cm³/mol. The van der Waals surface area contributed by atoms with E-state index in [1.165, 1.54) is 0 Å². The molecule has 2 aromatic carbocycles. The van der Waals surface area contributed by atoms with Gasteiger partial charge < -0.3 is 16.0 Å². The summed E-state index contributed by atoms with van der Waals surface area (Å²) in [5.41, 5.74) is 3.26. The van der Waals surface area contributed by atoms with E-state index in [-0.39, 0.29) is 17.1 Å². The van der Waals surface area contributed by atoms with Crippen molar-refractivity contribution in [3.63, 3.8) is 0 Å². The largest absolute Gasteiger partial charge is 0.388 e. The molecule has 0 bridgehead atoms. The zero-order chi connectivity index (χ0) is 20.3. The highest BCUT2D eigenvalue weighted by atomic mass is 16.1. The number of benzene rings is 2. The molecule has 0 saturated heterocycles. The van der Waals surface area contributed by atoms with Crippen LogP contribution < -0.4 is 16.0 Å². The number of carbonyl (C=O) groups is 2. The molecule has 1 aliphatic carbocycles. The van der Waals surface area contributed by atoms with Gasteiger partial charge in [-0.05, 0) is 45.4 Å². The average molecular weight is 380 g/mol. The Morgan fingerprint density at radius 3 is 2.00 bits per heavy atom. The summed E-state index contributed by atoms with van der Waals surface area (Å²) in [4.78, 5) is 26.3. The van der Waals surface area contributed by atoms with Crippen LogP contribution in [0.15, 0.2) is 36.4 Å². The maximum Gasteiger partial charge on any atom is 0.196 e. The minimum atomic E-state index is -0.108. The van der Waals surface area contributed by atoms with Gasteiger partial charge in [0.2, 0.25) is 0 Å². The fraction of sp³-hybridized carbons (Fsp3) is 0.391. The second kappa shape index (κ2) is 8.15. The highest BCUT2D eigenvalue weighted by Gasteiger charge is 2.33. The fourth-order valence-corrected chi connectivity index (χ4v) is 3.64. The van der Waals surface area contributed by atoms with Crippen LogP contribution in [0.4, 0.5) is 11.4 Å². The molecule has 0 heterocycles. The zero-order valence-corrected chi connectivity index (χ0v) is 17.1. The monoisotopic (exact) mass is 379 g/mol. The highest BCUT2D eigenvalue weighted by molar-refractivity contribution is 6.31. The normalized spacial score (nSPS) is 13.1. The molecule has 3 N–H and O–H groups in total. The molecule has 148 valence electrons. The lowest BCUT2D eigenvalue weighted by molar-refractivity contribution is 0.0980.